The van der Waals surface area contributed by atoms with Crippen LogP contribution >= 0.6 is 11.8 Å². The van der Waals surface area contributed by atoms with E-state index < -0.39 is 0 Å². The number of aryl methyl sites for hydroxylation is 1. The Balaban J connectivity index is 1.20. The minimum Gasteiger partial charge on any atom is -0.474 e. The van der Waals surface area contributed by atoms with E-state index in [0.717, 1.165) is 42.3 Å². The van der Waals surface area contributed by atoms with Crippen LogP contribution in [-0.2, 0) is 4.79 Å². The Morgan fingerprint density at radius 1 is 1.21 bits per heavy atom. The Labute approximate surface area is 168 Å². The molecule has 0 atom stereocenters. The molecule has 2 heterocycles. The minimum absolute atomic E-state index is 0.0109. The van der Waals surface area contributed by atoms with E-state index in [1.54, 1.807) is 0 Å². The number of ether oxygens (including phenoxy) is 1. The van der Waals surface area contributed by atoms with Crippen LogP contribution in [0.4, 0.5) is 0 Å². The van der Waals surface area contributed by atoms with E-state index in [4.69, 9.17) is 9.15 Å². The molecule has 1 N–H and O–H groups in total. The zero-order valence-electron chi connectivity index (χ0n) is 15.8. The van der Waals surface area contributed by atoms with Crippen LogP contribution in [0.1, 0.15) is 31.2 Å². The van der Waals surface area contributed by atoms with E-state index in [1.807, 2.05) is 49.5 Å². The normalized spacial score (nSPS) is 19.5. The van der Waals surface area contributed by atoms with Crippen molar-refractivity contribution < 1.29 is 13.9 Å². The molecule has 0 spiro atoms. The van der Waals surface area contributed by atoms with Crippen LogP contribution < -0.4 is 10.1 Å². The SMILES string of the molecule is Cc1ccc(OC2CCC(NC(=O)CSc3nc4ccccc4o3)CC2)nc1. The number of hydrogen-bond acceptors (Lipinski definition) is 6. The largest absolute Gasteiger partial charge is 0.474 e. The molecule has 0 radical (unpaired) electrons. The van der Waals surface area contributed by atoms with Crippen molar-refractivity contribution in [1.82, 2.24) is 15.3 Å². The fourth-order valence-corrected chi connectivity index (χ4v) is 3.98. The topological polar surface area (TPSA) is 77.2 Å². The van der Waals surface area contributed by atoms with Gasteiger partial charge in [-0.25, -0.2) is 9.97 Å². The summed E-state index contributed by atoms with van der Waals surface area (Å²) in [4.78, 5) is 20.9. The van der Waals surface area contributed by atoms with Gasteiger partial charge in [-0.2, -0.15) is 0 Å². The number of oxazole rings is 1. The molecule has 0 unspecified atom stereocenters. The molecule has 0 saturated heterocycles. The highest BCUT2D eigenvalue weighted by atomic mass is 32.2. The van der Waals surface area contributed by atoms with Gasteiger partial charge in [-0.15, -0.1) is 0 Å². The van der Waals surface area contributed by atoms with Gasteiger partial charge in [0.15, 0.2) is 5.58 Å². The average Bonchev–Trinajstić information content (AvgIpc) is 3.13. The number of nitrogens with zero attached hydrogens (tertiary/aromatic N) is 2. The second kappa shape index (κ2) is 8.65. The van der Waals surface area contributed by atoms with Gasteiger partial charge in [-0.3, -0.25) is 4.79 Å². The Morgan fingerprint density at radius 3 is 2.79 bits per heavy atom. The number of rotatable bonds is 6. The van der Waals surface area contributed by atoms with Crippen molar-refractivity contribution in [3.63, 3.8) is 0 Å². The first kappa shape index (κ1) is 18.8. The van der Waals surface area contributed by atoms with Gasteiger partial charge < -0.3 is 14.5 Å². The first-order valence-electron chi connectivity index (χ1n) is 9.53. The van der Waals surface area contributed by atoms with Crippen molar-refractivity contribution in [3.8, 4) is 5.88 Å². The highest BCUT2D eigenvalue weighted by molar-refractivity contribution is 7.99. The molecule has 1 saturated carbocycles. The fraction of sp³-hybridized carbons (Fsp3) is 0.381. The lowest BCUT2D eigenvalue weighted by Gasteiger charge is -2.29. The summed E-state index contributed by atoms with van der Waals surface area (Å²) in [5.41, 5.74) is 2.67. The summed E-state index contributed by atoms with van der Waals surface area (Å²) >= 11 is 1.32. The number of carbonyl (C=O) groups is 1. The maximum atomic E-state index is 12.3. The smallest absolute Gasteiger partial charge is 0.257 e. The van der Waals surface area contributed by atoms with Gasteiger partial charge in [0.25, 0.3) is 5.22 Å². The van der Waals surface area contributed by atoms with Gasteiger partial charge >= 0.3 is 0 Å². The first-order chi connectivity index (χ1) is 13.7. The van der Waals surface area contributed by atoms with Gasteiger partial charge in [0.2, 0.25) is 11.8 Å². The second-order valence-electron chi connectivity index (χ2n) is 7.07. The lowest BCUT2D eigenvalue weighted by atomic mass is 9.93. The molecular formula is C21H23N3O3S. The number of para-hydroxylation sites is 2. The zero-order valence-corrected chi connectivity index (χ0v) is 16.6. The molecule has 0 bridgehead atoms. The standard InChI is InChI=1S/C21H23N3O3S/c1-14-6-11-20(22-12-14)26-16-9-7-15(8-10-16)23-19(25)13-28-21-24-17-4-2-3-5-18(17)27-21/h2-6,11-12,15-16H,7-10,13H2,1H3,(H,23,25). The molecule has 6 nitrogen and oxygen atoms in total. The third kappa shape index (κ3) is 4.84. The van der Waals surface area contributed by atoms with E-state index in [2.05, 4.69) is 15.3 Å². The average molecular weight is 398 g/mol. The lowest BCUT2D eigenvalue weighted by Crippen LogP contribution is -2.40. The van der Waals surface area contributed by atoms with Crippen LogP contribution in [0.25, 0.3) is 11.1 Å². The third-order valence-electron chi connectivity index (χ3n) is 4.81. The van der Waals surface area contributed by atoms with Gasteiger partial charge in [-0.05, 0) is 50.3 Å². The van der Waals surface area contributed by atoms with E-state index in [9.17, 15) is 4.79 Å². The van der Waals surface area contributed by atoms with Crippen LogP contribution in [0.15, 0.2) is 52.2 Å². The van der Waals surface area contributed by atoms with Gasteiger partial charge in [0.05, 0.1) is 5.75 Å². The van der Waals surface area contributed by atoms with Crippen molar-refractivity contribution >= 4 is 28.8 Å². The predicted octanol–water partition coefficient (Wildman–Crippen LogP) is 4.13. The number of amides is 1. The quantitative estimate of drug-likeness (QED) is 0.630. The van der Waals surface area contributed by atoms with Gasteiger partial charge in [0, 0.05) is 18.3 Å². The van der Waals surface area contributed by atoms with Gasteiger partial charge in [-0.1, -0.05) is 30.0 Å². The van der Waals surface area contributed by atoms with Crippen LogP contribution in [0, 0.1) is 6.92 Å². The van der Waals surface area contributed by atoms with Crippen LogP contribution in [0.2, 0.25) is 0 Å². The summed E-state index contributed by atoms with van der Waals surface area (Å²) in [5.74, 6) is 0.987. The van der Waals surface area contributed by atoms with Crippen molar-refractivity contribution in [2.75, 3.05) is 5.75 Å². The molecule has 1 aromatic carbocycles. The maximum Gasteiger partial charge on any atom is 0.257 e. The Morgan fingerprint density at radius 2 is 2.04 bits per heavy atom. The van der Waals surface area contributed by atoms with E-state index in [1.165, 1.54) is 11.8 Å². The summed E-state index contributed by atoms with van der Waals surface area (Å²) in [5, 5.41) is 3.64. The number of fused-ring (bicyclic) bond motifs is 1. The molecule has 146 valence electrons. The number of benzene rings is 1. The maximum absolute atomic E-state index is 12.3. The molecular weight excluding hydrogens is 374 g/mol. The monoisotopic (exact) mass is 397 g/mol. The van der Waals surface area contributed by atoms with Crippen LogP contribution in [0.5, 0.6) is 5.88 Å². The highest BCUT2D eigenvalue weighted by Crippen LogP contribution is 2.25. The molecule has 2 aromatic heterocycles. The summed E-state index contributed by atoms with van der Waals surface area (Å²) in [7, 11) is 0. The van der Waals surface area contributed by atoms with Crippen LogP contribution in [-0.4, -0.2) is 33.8 Å². The van der Waals surface area contributed by atoms with Crippen molar-refractivity contribution in [3.05, 3.63) is 48.2 Å². The number of carbonyl (C=O) groups excluding carboxylic acids is 1. The van der Waals surface area contributed by atoms with Crippen molar-refractivity contribution in [2.24, 2.45) is 0 Å². The first-order valence-corrected chi connectivity index (χ1v) is 10.5. The molecule has 4 rings (SSSR count). The van der Waals surface area contributed by atoms with E-state index in [-0.39, 0.29) is 18.1 Å². The minimum atomic E-state index is 0.0109. The van der Waals surface area contributed by atoms with Crippen molar-refractivity contribution in [1.29, 1.82) is 0 Å². The molecule has 1 fully saturated rings. The second-order valence-corrected chi connectivity index (χ2v) is 8.00. The van der Waals surface area contributed by atoms with Crippen molar-refractivity contribution in [2.45, 2.75) is 50.0 Å². The zero-order chi connectivity index (χ0) is 19.3. The number of pyridine rings is 1. The van der Waals surface area contributed by atoms with E-state index in [0.29, 0.717) is 16.9 Å². The molecule has 28 heavy (non-hydrogen) atoms. The molecule has 1 aliphatic carbocycles. The highest BCUT2D eigenvalue weighted by Gasteiger charge is 2.24. The number of hydrogen-bond donors (Lipinski definition) is 1. The summed E-state index contributed by atoms with van der Waals surface area (Å²) in [6.45, 7) is 2.01. The molecule has 1 aliphatic rings. The number of nitrogens with one attached hydrogen (secondary N) is 1. The molecule has 1 amide bonds. The third-order valence-corrected chi connectivity index (χ3v) is 5.64. The fourth-order valence-electron chi connectivity index (χ4n) is 3.33. The summed E-state index contributed by atoms with van der Waals surface area (Å²) in [6.07, 6.45) is 5.64. The Bertz CT molecular complexity index is 900. The van der Waals surface area contributed by atoms with E-state index >= 15 is 0 Å². The Kier molecular flexibility index (Phi) is 5.81. The van der Waals surface area contributed by atoms with Gasteiger partial charge in [0.1, 0.15) is 11.6 Å². The summed E-state index contributed by atoms with van der Waals surface area (Å²) < 4.78 is 11.6. The predicted molar refractivity (Wildman–Crippen MR) is 109 cm³/mol. The summed E-state index contributed by atoms with van der Waals surface area (Å²) in [6, 6.07) is 11.7. The number of aromatic nitrogens is 2. The lowest BCUT2D eigenvalue weighted by molar-refractivity contribution is -0.119. The molecule has 3 aromatic rings. The molecule has 7 heteroatoms. The van der Waals surface area contributed by atoms with Crippen LogP contribution in [0.3, 0.4) is 0 Å². The Hall–Kier alpha value is -2.54. The number of thioether (sulfide) groups is 1. The molecule has 0 aliphatic heterocycles.